The van der Waals surface area contributed by atoms with Crippen LogP contribution < -0.4 is 4.90 Å². The number of benzene rings is 2. The van der Waals surface area contributed by atoms with E-state index in [1.165, 1.54) is 24.3 Å². The van der Waals surface area contributed by atoms with E-state index in [0.29, 0.717) is 36.8 Å². The van der Waals surface area contributed by atoms with Gasteiger partial charge in [-0.1, -0.05) is 35.3 Å². The molecule has 0 bridgehead atoms. The molecule has 0 N–H and O–H groups in total. The van der Waals surface area contributed by atoms with E-state index in [0.717, 1.165) is 11.3 Å². The van der Waals surface area contributed by atoms with Crippen molar-refractivity contribution in [1.29, 1.82) is 0 Å². The Labute approximate surface area is 166 Å². The lowest BCUT2D eigenvalue weighted by atomic mass is 9.76. The van der Waals surface area contributed by atoms with Gasteiger partial charge in [0, 0.05) is 36.9 Å². The Kier molecular flexibility index (Phi) is 5.95. The lowest BCUT2D eigenvalue weighted by molar-refractivity contribution is -0.126. The minimum absolute atomic E-state index is 0.0194. The number of hydrogen-bond donors (Lipinski definition) is 0. The molecule has 27 heavy (non-hydrogen) atoms. The van der Waals surface area contributed by atoms with E-state index in [1.807, 2.05) is 25.1 Å². The van der Waals surface area contributed by atoms with E-state index in [1.54, 1.807) is 4.90 Å². The second-order valence-electron chi connectivity index (χ2n) is 6.54. The summed E-state index contributed by atoms with van der Waals surface area (Å²) < 4.78 is 13.1. The highest BCUT2D eigenvalue weighted by atomic mass is 35.5. The second-order valence-corrected chi connectivity index (χ2v) is 6.98. The lowest BCUT2D eigenvalue weighted by Gasteiger charge is -2.37. The average Bonchev–Trinajstić information content (AvgIpc) is 2.69. The number of amides is 1. The molecule has 2 aromatic rings. The third-order valence-electron chi connectivity index (χ3n) is 4.75. The van der Waals surface area contributed by atoms with Gasteiger partial charge in [0.2, 0.25) is 5.91 Å². The number of carbonyl (C=O) groups excluding carboxylic acids is 1. The summed E-state index contributed by atoms with van der Waals surface area (Å²) in [7, 11) is 12.0. The van der Waals surface area contributed by atoms with Crippen molar-refractivity contribution in [2.24, 2.45) is 0 Å². The molecule has 0 saturated carbocycles. The summed E-state index contributed by atoms with van der Waals surface area (Å²) in [6, 6.07) is 11.4. The first-order valence-corrected chi connectivity index (χ1v) is 9.06. The van der Waals surface area contributed by atoms with Crippen LogP contribution >= 0.6 is 11.6 Å². The minimum atomic E-state index is -0.371. The maximum atomic E-state index is 13.1. The molecule has 4 radical (unpaired) electrons. The van der Waals surface area contributed by atoms with Gasteiger partial charge in [0.15, 0.2) is 0 Å². The summed E-state index contributed by atoms with van der Waals surface area (Å²) in [6.45, 7) is 4.45. The number of halogens is 2. The second kappa shape index (κ2) is 8.22. The zero-order valence-electron chi connectivity index (χ0n) is 15.1. The van der Waals surface area contributed by atoms with Crippen LogP contribution in [0.4, 0.5) is 10.1 Å². The predicted molar refractivity (Wildman–Crippen MR) is 110 cm³/mol. The van der Waals surface area contributed by atoms with Crippen molar-refractivity contribution in [1.82, 2.24) is 4.90 Å². The molecular formula is C20H18B2ClFN2O. The van der Waals surface area contributed by atoms with Crippen molar-refractivity contribution in [3.8, 4) is 0 Å². The highest BCUT2D eigenvalue weighted by Gasteiger charge is 2.23. The fourth-order valence-electron chi connectivity index (χ4n) is 3.14. The average molecular weight is 378 g/mol. The van der Waals surface area contributed by atoms with Gasteiger partial charge in [-0.25, -0.2) is 4.39 Å². The molecule has 1 heterocycles. The van der Waals surface area contributed by atoms with Crippen molar-refractivity contribution in [2.75, 3.05) is 31.1 Å². The SMILES string of the molecule is [B]/C(C(=O)N1CCN(c2cc(Cl)ccc2C)CC1)=C(\[B])c1ccc(F)cc1. The van der Waals surface area contributed by atoms with E-state index < -0.39 is 0 Å². The summed E-state index contributed by atoms with van der Waals surface area (Å²) in [5.41, 5.74) is 2.88. The molecule has 0 atom stereocenters. The van der Waals surface area contributed by atoms with Gasteiger partial charge in [-0.15, -0.1) is 0 Å². The summed E-state index contributed by atoms with van der Waals surface area (Å²) >= 11 is 6.11. The Morgan fingerprint density at radius 1 is 1.04 bits per heavy atom. The van der Waals surface area contributed by atoms with Crippen molar-refractivity contribution < 1.29 is 9.18 Å². The first-order valence-electron chi connectivity index (χ1n) is 8.68. The Balaban J connectivity index is 1.70. The van der Waals surface area contributed by atoms with Gasteiger partial charge in [-0.3, -0.25) is 4.79 Å². The van der Waals surface area contributed by atoms with Gasteiger partial charge in [-0.2, -0.15) is 0 Å². The van der Waals surface area contributed by atoms with Gasteiger partial charge in [0.1, 0.15) is 21.5 Å². The third-order valence-corrected chi connectivity index (χ3v) is 4.99. The van der Waals surface area contributed by atoms with E-state index in [9.17, 15) is 9.18 Å². The van der Waals surface area contributed by atoms with Gasteiger partial charge in [-0.05, 0) is 47.8 Å². The highest BCUT2D eigenvalue weighted by Crippen LogP contribution is 2.26. The molecule has 1 fully saturated rings. The molecule has 1 saturated heterocycles. The molecule has 1 aliphatic rings. The van der Waals surface area contributed by atoms with E-state index in [2.05, 4.69) is 4.90 Å². The summed E-state index contributed by atoms with van der Waals surface area (Å²) in [6.07, 6.45) is 0. The Hall–Kier alpha value is -2.20. The van der Waals surface area contributed by atoms with Crippen molar-refractivity contribution in [2.45, 2.75) is 6.92 Å². The fourth-order valence-corrected chi connectivity index (χ4v) is 3.31. The molecular weight excluding hydrogens is 360 g/mol. The summed E-state index contributed by atoms with van der Waals surface area (Å²) in [5, 5.41) is 0.688. The fraction of sp³-hybridized carbons (Fsp3) is 0.250. The number of carbonyl (C=O) groups is 1. The maximum absolute atomic E-state index is 13.1. The largest absolute Gasteiger partial charge is 0.368 e. The minimum Gasteiger partial charge on any atom is -0.368 e. The van der Waals surface area contributed by atoms with Crippen LogP contribution in [-0.2, 0) is 4.79 Å². The van der Waals surface area contributed by atoms with E-state index in [4.69, 9.17) is 27.3 Å². The first-order chi connectivity index (χ1) is 12.9. The van der Waals surface area contributed by atoms with Crippen LogP contribution in [0.1, 0.15) is 11.1 Å². The molecule has 0 spiro atoms. The lowest BCUT2D eigenvalue weighted by Crippen LogP contribution is -2.49. The standard InChI is InChI=1S/C20H18B2ClFN2O/c1-13-2-5-15(23)12-17(13)25-8-10-26(11-9-25)20(27)19(22)18(21)14-3-6-16(24)7-4-14/h2-7,12H,8-11H2,1H3/b19-18-. The zero-order valence-corrected chi connectivity index (χ0v) is 15.8. The Morgan fingerprint density at radius 2 is 1.67 bits per heavy atom. The van der Waals surface area contributed by atoms with Crippen molar-refractivity contribution in [3.05, 3.63) is 69.9 Å². The van der Waals surface area contributed by atoms with Gasteiger partial charge in [0.25, 0.3) is 0 Å². The van der Waals surface area contributed by atoms with Crippen molar-refractivity contribution in [3.63, 3.8) is 0 Å². The predicted octanol–water partition coefficient (Wildman–Crippen LogP) is 3.14. The molecule has 1 aliphatic heterocycles. The topological polar surface area (TPSA) is 23.6 Å². The Morgan fingerprint density at radius 3 is 2.30 bits per heavy atom. The molecule has 0 unspecified atom stereocenters. The van der Waals surface area contributed by atoms with Crippen LogP contribution in [0.5, 0.6) is 0 Å². The number of rotatable bonds is 3. The molecule has 1 amide bonds. The van der Waals surface area contributed by atoms with E-state index in [-0.39, 0.29) is 22.7 Å². The maximum Gasteiger partial charge on any atom is 0.238 e. The molecule has 0 aromatic heterocycles. The quantitative estimate of drug-likeness (QED) is 0.605. The highest BCUT2D eigenvalue weighted by molar-refractivity contribution is 6.54. The van der Waals surface area contributed by atoms with Gasteiger partial charge in [0.05, 0.1) is 0 Å². The van der Waals surface area contributed by atoms with Crippen molar-refractivity contribution >= 4 is 44.4 Å². The zero-order chi connectivity index (χ0) is 19.6. The molecule has 3 rings (SSSR count). The number of hydrogen-bond acceptors (Lipinski definition) is 2. The molecule has 7 heteroatoms. The van der Waals surface area contributed by atoms with Crippen LogP contribution in [0, 0.1) is 12.7 Å². The first kappa shape index (κ1) is 19.6. The molecule has 3 nitrogen and oxygen atoms in total. The van der Waals surface area contributed by atoms with Gasteiger partial charge >= 0.3 is 0 Å². The van der Waals surface area contributed by atoms with Crippen LogP contribution in [0.2, 0.25) is 5.02 Å². The summed E-state index contributed by atoms with van der Waals surface area (Å²) in [5.74, 6) is -0.678. The number of anilines is 1. The molecule has 2 aromatic carbocycles. The van der Waals surface area contributed by atoms with Crippen LogP contribution in [0.25, 0.3) is 5.47 Å². The number of aryl methyl sites for hydroxylation is 1. The monoisotopic (exact) mass is 378 g/mol. The van der Waals surface area contributed by atoms with Crippen LogP contribution in [-0.4, -0.2) is 52.7 Å². The smallest absolute Gasteiger partial charge is 0.238 e. The molecule has 134 valence electrons. The molecule has 0 aliphatic carbocycles. The van der Waals surface area contributed by atoms with Crippen LogP contribution in [0.3, 0.4) is 0 Å². The van der Waals surface area contributed by atoms with Crippen LogP contribution in [0.15, 0.2) is 47.9 Å². The van der Waals surface area contributed by atoms with Gasteiger partial charge < -0.3 is 9.80 Å². The number of piperazine rings is 1. The summed E-state index contributed by atoms with van der Waals surface area (Å²) in [4.78, 5) is 16.6. The van der Waals surface area contributed by atoms with E-state index >= 15 is 0 Å². The number of nitrogens with zero attached hydrogens (tertiary/aromatic N) is 2. The third kappa shape index (κ3) is 4.38. The Bertz CT molecular complexity index is 878. The normalized spacial score (nSPS) is 15.5.